The fourth-order valence-electron chi connectivity index (χ4n) is 3.46. The van der Waals surface area contributed by atoms with Crippen LogP contribution in [0.4, 0.5) is 5.69 Å². The molecule has 3 aromatic rings. The van der Waals surface area contributed by atoms with Crippen LogP contribution in [-0.4, -0.2) is 43.3 Å². The number of hydrogen-bond donors (Lipinski definition) is 2. The summed E-state index contributed by atoms with van der Waals surface area (Å²) in [5, 5.41) is 6.93. The van der Waals surface area contributed by atoms with Gasteiger partial charge in [0, 0.05) is 12.6 Å². The fraction of sp³-hybridized carbons (Fsp3) is 0.333. The topological polar surface area (TPSA) is 77.5 Å². The van der Waals surface area contributed by atoms with Crippen LogP contribution in [-0.2, 0) is 0 Å². The van der Waals surface area contributed by atoms with Crippen LogP contribution in [0.1, 0.15) is 38.1 Å². The van der Waals surface area contributed by atoms with Crippen LogP contribution in [0, 0.1) is 0 Å². The Morgan fingerprint density at radius 3 is 2.21 bits per heavy atom. The first kappa shape index (κ1) is 25.1. The highest BCUT2D eigenvalue weighted by Gasteiger charge is 2.16. The summed E-state index contributed by atoms with van der Waals surface area (Å²) in [6.07, 6.45) is 7.96. The molecule has 2 heterocycles. The van der Waals surface area contributed by atoms with Crippen LogP contribution < -0.4 is 24.8 Å². The fourth-order valence-corrected chi connectivity index (χ4v) is 3.46. The van der Waals surface area contributed by atoms with Gasteiger partial charge in [-0.25, -0.2) is 4.98 Å². The highest BCUT2D eigenvalue weighted by Crippen LogP contribution is 2.29. The third kappa shape index (κ3) is 7.22. The van der Waals surface area contributed by atoms with Gasteiger partial charge in [-0.3, -0.25) is 0 Å². The van der Waals surface area contributed by atoms with Crippen LogP contribution in [0.3, 0.4) is 0 Å². The number of benzene rings is 2. The Labute approximate surface area is 202 Å². The number of rotatable bonds is 9. The maximum atomic E-state index is 6.11. The zero-order valence-electron chi connectivity index (χ0n) is 20.4. The van der Waals surface area contributed by atoms with Crippen molar-refractivity contribution in [2.24, 2.45) is 0 Å². The lowest BCUT2D eigenvalue weighted by molar-refractivity contribution is 0.412. The molecule has 1 saturated heterocycles. The summed E-state index contributed by atoms with van der Waals surface area (Å²) >= 11 is 0. The van der Waals surface area contributed by atoms with Gasteiger partial charge in [0.1, 0.15) is 22.9 Å². The number of nitrogens with zero attached hydrogens (tertiary/aromatic N) is 2. The molecule has 0 aliphatic carbocycles. The predicted molar refractivity (Wildman–Crippen MR) is 138 cm³/mol. The minimum Gasteiger partial charge on any atom is -0.497 e. The Morgan fingerprint density at radius 1 is 0.941 bits per heavy atom. The lowest BCUT2D eigenvalue weighted by atomic mass is 10.2. The molecule has 0 bridgehead atoms. The van der Waals surface area contributed by atoms with Gasteiger partial charge < -0.3 is 24.8 Å². The molecule has 0 amide bonds. The van der Waals surface area contributed by atoms with E-state index in [1.54, 1.807) is 20.4 Å². The van der Waals surface area contributed by atoms with Crippen molar-refractivity contribution in [1.82, 2.24) is 15.3 Å². The van der Waals surface area contributed by atoms with E-state index < -0.39 is 0 Å². The molecule has 1 unspecified atom stereocenters. The summed E-state index contributed by atoms with van der Waals surface area (Å²) in [5.41, 5.74) is 1.79. The monoisotopic (exact) mass is 462 g/mol. The molecule has 1 atom stereocenters. The van der Waals surface area contributed by atoms with E-state index in [-0.39, 0.29) is 0 Å². The maximum Gasteiger partial charge on any atom is 0.246 e. The van der Waals surface area contributed by atoms with Gasteiger partial charge in [0.15, 0.2) is 5.82 Å². The molecular formula is C27H34N4O3. The largest absolute Gasteiger partial charge is 0.497 e. The van der Waals surface area contributed by atoms with Crippen molar-refractivity contribution >= 4 is 17.8 Å². The van der Waals surface area contributed by atoms with Crippen LogP contribution in [0.2, 0.25) is 0 Å². The number of methoxy groups -OCH3 is 2. The van der Waals surface area contributed by atoms with Crippen molar-refractivity contribution in [3.63, 3.8) is 0 Å². The van der Waals surface area contributed by atoms with Crippen LogP contribution in [0.15, 0.2) is 54.7 Å². The minimum atomic E-state index is 0.443. The van der Waals surface area contributed by atoms with Gasteiger partial charge in [0.2, 0.25) is 5.88 Å². The first-order valence-corrected chi connectivity index (χ1v) is 11.7. The summed E-state index contributed by atoms with van der Waals surface area (Å²) < 4.78 is 16.5. The Morgan fingerprint density at radius 2 is 1.59 bits per heavy atom. The molecular weight excluding hydrogens is 428 g/mol. The van der Waals surface area contributed by atoms with E-state index in [2.05, 4.69) is 20.6 Å². The van der Waals surface area contributed by atoms with E-state index in [4.69, 9.17) is 14.2 Å². The van der Waals surface area contributed by atoms with Gasteiger partial charge in [0.25, 0.3) is 0 Å². The molecule has 7 nitrogen and oxygen atoms in total. The summed E-state index contributed by atoms with van der Waals surface area (Å²) in [6, 6.07) is 15.7. The van der Waals surface area contributed by atoms with Gasteiger partial charge in [-0.15, -0.1) is 0 Å². The lowest BCUT2D eigenvalue weighted by Gasteiger charge is -2.15. The zero-order valence-corrected chi connectivity index (χ0v) is 20.4. The average Bonchev–Trinajstić information content (AvgIpc) is 3.42. The predicted octanol–water partition coefficient (Wildman–Crippen LogP) is 5.65. The number of anilines is 1. The second-order valence-corrected chi connectivity index (χ2v) is 7.51. The highest BCUT2D eigenvalue weighted by atomic mass is 16.5. The molecule has 1 fully saturated rings. The molecule has 0 saturated carbocycles. The van der Waals surface area contributed by atoms with Crippen LogP contribution in [0.25, 0.3) is 12.2 Å². The summed E-state index contributed by atoms with van der Waals surface area (Å²) in [5.74, 6) is 3.32. The minimum absolute atomic E-state index is 0.443. The van der Waals surface area contributed by atoms with E-state index in [9.17, 15) is 0 Å². The molecule has 1 aromatic heterocycles. The first-order valence-electron chi connectivity index (χ1n) is 11.7. The second kappa shape index (κ2) is 13.2. The smallest absolute Gasteiger partial charge is 0.246 e. The molecule has 0 spiro atoms. The number of ether oxygens (including phenoxy) is 3. The van der Waals surface area contributed by atoms with Gasteiger partial charge in [0.05, 0.1) is 20.4 Å². The van der Waals surface area contributed by atoms with Gasteiger partial charge in [-0.1, -0.05) is 32.1 Å². The molecule has 180 valence electrons. The SMILES string of the molecule is CC.COc1ccc(/C=C/c2ncc(NCC3CCCN3)c(Oc3ccc(OC)cc3)n2)cc1. The van der Waals surface area contributed by atoms with Crippen LogP contribution in [0.5, 0.6) is 23.1 Å². The van der Waals surface area contributed by atoms with E-state index in [0.29, 0.717) is 23.5 Å². The van der Waals surface area contributed by atoms with Crippen molar-refractivity contribution in [1.29, 1.82) is 0 Å². The molecule has 2 N–H and O–H groups in total. The van der Waals surface area contributed by atoms with Crippen molar-refractivity contribution in [3.05, 3.63) is 66.1 Å². The van der Waals surface area contributed by atoms with E-state index in [0.717, 1.165) is 42.3 Å². The Hall–Kier alpha value is -3.58. The van der Waals surface area contributed by atoms with E-state index in [1.807, 2.05) is 74.5 Å². The second-order valence-electron chi connectivity index (χ2n) is 7.51. The highest BCUT2D eigenvalue weighted by molar-refractivity contribution is 5.68. The number of hydrogen-bond acceptors (Lipinski definition) is 7. The van der Waals surface area contributed by atoms with Crippen LogP contribution >= 0.6 is 0 Å². The maximum absolute atomic E-state index is 6.11. The summed E-state index contributed by atoms with van der Waals surface area (Å²) in [4.78, 5) is 9.14. The molecule has 7 heteroatoms. The third-order valence-electron chi connectivity index (χ3n) is 5.29. The quantitative estimate of drug-likeness (QED) is 0.426. The average molecular weight is 463 g/mol. The first-order chi connectivity index (χ1) is 16.7. The van der Waals surface area contributed by atoms with Gasteiger partial charge in [-0.05, 0) is 67.4 Å². The third-order valence-corrected chi connectivity index (χ3v) is 5.29. The van der Waals surface area contributed by atoms with Gasteiger partial charge >= 0.3 is 0 Å². The summed E-state index contributed by atoms with van der Waals surface area (Å²) in [7, 11) is 3.29. The Balaban J connectivity index is 0.00000158. The van der Waals surface area contributed by atoms with Gasteiger partial charge in [-0.2, -0.15) is 4.98 Å². The Kier molecular flexibility index (Phi) is 9.73. The van der Waals surface area contributed by atoms with E-state index in [1.165, 1.54) is 6.42 Å². The molecule has 1 aliphatic rings. The standard InChI is InChI=1S/C25H28N4O3.C2H6/c1-30-20-8-5-18(6-9-20)7-14-24-28-17-23(27-16-19-4-3-15-26-19)25(29-24)32-22-12-10-21(31-2)11-13-22;1-2/h5-14,17,19,26-27H,3-4,15-16H2,1-2H3;1-2H3/b14-7+;. The normalized spacial score (nSPS) is 14.9. The molecule has 0 radical (unpaired) electrons. The summed E-state index contributed by atoms with van der Waals surface area (Å²) in [6.45, 7) is 5.86. The van der Waals surface area contributed by atoms with Crippen molar-refractivity contribution in [2.75, 3.05) is 32.6 Å². The molecule has 4 rings (SSSR count). The van der Waals surface area contributed by atoms with E-state index >= 15 is 0 Å². The van der Waals surface area contributed by atoms with Crippen molar-refractivity contribution in [3.8, 4) is 23.1 Å². The van der Waals surface area contributed by atoms with Crippen molar-refractivity contribution < 1.29 is 14.2 Å². The lowest BCUT2D eigenvalue weighted by Crippen LogP contribution is -2.29. The number of nitrogens with one attached hydrogen (secondary N) is 2. The van der Waals surface area contributed by atoms with Crippen molar-refractivity contribution in [2.45, 2.75) is 32.7 Å². The Bertz CT molecular complexity index is 1030. The number of aromatic nitrogens is 2. The zero-order chi connectivity index (χ0) is 24.2. The molecule has 2 aromatic carbocycles. The molecule has 1 aliphatic heterocycles. The molecule has 34 heavy (non-hydrogen) atoms.